The highest BCUT2D eigenvalue weighted by atomic mass is 32.2. The SMILES string of the molecule is CC(=O)c1ccc(NC(=O)C(C)Sc2nnc(COc3ccccc3C)n2-c2ccccc2)cc1. The molecule has 0 radical (unpaired) electrons. The number of aryl methyl sites for hydroxylation is 1. The minimum absolute atomic E-state index is 0.0192. The van der Waals surface area contributed by atoms with Crippen molar-refractivity contribution >= 4 is 29.1 Å². The number of anilines is 1. The maximum atomic E-state index is 12.9. The fourth-order valence-electron chi connectivity index (χ4n) is 3.41. The first kappa shape index (κ1) is 24.2. The second kappa shape index (κ2) is 11.0. The van der Waals surface area contributed by atoms with Gasteiger partial charge in [0.15, 0.2) is 16.8 Å². The molecule has 7 nitrogen and oxygen atoms in total. The summed E-state index contributed by atoms with van der Waals surface area (Å²) in [6, 6.07) is 24.4. The molecule has 0 aliphatic rings. The average Bonchev–Trinajstić information content (AvgIpc) is 3.26. The molecule has 0 saturated carbocycles. The fourth-order valence-corrected chi connectivity index (χ4v) is 4.30. The van der Waals surface area contributed by atoms with Crippen LogP contribution in [0.2, 0.25) is 0 Å². The molecule has 4 aromatic rings. The van der Waals surface area contributed by atoms with Crippen LogP contribution in [0.4, 0.5) is 5.69 Å². The number of hydrogen-bond donors (Lipinski definition) is 1. The third kappa shape index (κ3) is 5.96. The summed E-state index contributed by atoms with van der Waals surface area (Å²) in [5, 5.41) is 11.8. The van der Waals surface area contributed by atoms with Gasteiger partial charge in [0.25, 0.3) is 0 Å². The Morgan fingerprint density at radius 2 is 1.66 bits per heavy atom. The smallest absolute Gasteiger partial charge is 0.237 e. The number of aromatic nitrogens is 3. The van der Waals surface area contributed by atoms with E-state index in [1.807, 2.05) is 73.0 Å². The molecule has 0 spiro atoms. The number of rotatable bonds is 9. The molecule has 1 aromatic heterocycles. The first-order valence-corrected chi connectivity index (χ1v) is 12.1. The van der Waals surface area contributed by atoms with E-state index in [0.29, 0.717) is 22.2 Å². The monoisotopic (exact) mass is 486 g/mol. The van der Waals surface area contributed by atoms with Gasteiger partial charge in [0.2, 0.25) is 5.91 Å². The van der Waals surface area contributed by atoms with Crippen LogP contribution in [0, 0.1) is 6.92 Å². The summed E-state index contributed by atoms with van der Waals surface area (Å²) in [5.41, 5.74) is 3.15. The summed E-state index contributed by atoms with van der Waals surface area (Å²) in [6.45, 7) is 5.55. The number of amides is 1. The van der Waals surface area contributed by atoms with Crippen LogP contribution < -0.4 is 10.1 Å². The Labute approximate surface area is 208 Å². The molecule has 1 amide bonds. The third-order valence-corrected chi connectivity index (χ3v) is 6.42. The van der Waals surface area contributed by atoms with Gasteiger partial charge in [-0.05, 0) is 68.8 Å². The highest BCUT2D eigenvalue weighted by molar-refractivity contribution is 8.00. The van der Waals surface area contributed by atoms with Crippen LogP contribution in [-0.4, -0.2) is 31.7 Å². The first-order chi connectivity index (χ1) is 16.9. The van der Waals surface area contributed by atoms with E-state index in [1.54, 1.807) is 24.3 Å². The first-order valence-electron chi connectivity index (χ1n) is 11.2. The summed E-state index contributed by atoms with van der Waals surface area (Å²) in [7, 11) is 0. The van der Waals surface area contributed by atoms with Crippen LogP contribution >= 0.6 is 11.8 Å². The normalized spacial score (nSPS) is 11.6. The number of carbonyl (C=O) groups excluding carboxylic acids is 2. The predicted octanol–water partition coefficient (Wildman–Crippen LogP) is 5.48. The molecule has 35 heavy (non-hydrogen) atoms. The van der Waals surface area contributed by atoms with Crippen LogP contribution in [0.1, 0.15) is 35.6 Å². The van der Waals surface area contributed by atoms with E-state index in [2.05, 4.69) is 15.5 Å². The molecule has 0 aliphatic carbocycles. The zero-order chi connectivity index (χ0) is 24.8. The van der Waals surface area contributed by atoms with Gasteiger partial charge in [-0.1, -0.05) is 48.2 Å². The summed E-state index contributed by atoms with van der Waals surface area (Å²) in [6.07, 6.45) is 0. The van der Waals surface area contributed by atoms with Crippen LogP contribution in [0.15, 0.2) is 84.0 Å². The second-order valence-electron chi connectivity index (χ2n) is 8.01. The molecule has 1 unspecified atom stereocenters. The van der Waals surface area contributed by atoms with E-state index < -0.39 is 5.25 Å². The molecule has 4 rings (SSSR count). The van der Waals surface area contributed by atoms with E-state index >= 15 is 0 Å². The Bertz CT molecular complexity index is 1320. The Morgan fingerprint density at radius 1 is 0.971 bits per heavy atom. The number of benzene rings is 3. The van der Waals surface area contributed by atoms with Crippen LogP contribution in [-0.2, 0) is 11.4 Å². The standard InChI is InChI=1S/C27H26N4O3S/c1-18-9-7-8-12-24(18)34-17-25-29-30-27(31(25)23-10-5-4-6-11-23)35-20(3)26(33)28-22-15-13-21(14-16-22)19(2)32/h4-16,20H,17H2,1-3H3,(H,28,33). The number of nitrogens with one attached hydrogen (secondary N) is 1. The third-order valence-electron chi connectivity index (χ3n) is 5.38. The number of hydrogen-bond acceptors (Lipinski definition) is 6. The number of nitrogens with zero attached hydrogens (tertiary/aromatic N) is 3. The number of carbonyl (C=O) groups is 2. The van der Waals surface area contributed by atoms with Gasteiger partial charge in [-0.3, -0.25) is 14.2 Å². The lowest BCUT2D eigenvalue weighted by molar-refractivity contribution is -0.115. The topological polar surface area (TPSA) is 86.1 Å². The number of thioether (sulfide) groups is 1. The van der Waals surface area contributed by atoms with E-state index in [1.165, 1.54) is 18.7 Å². The molecule has 0 saturated heterocycles. The molecule has 1 heterocycles. The summed E-state index contributed by atoms with van der Waals surface area (Å²) in [5.74, 6) is 1.22. The zero-order valence-corrected chi connectivity index (χ0v) is 20.6. The largest absolute Gasteiger partial charge is 0.485 e. The maximum Gasteiger partial charge on any atom is 0.237 e. The highest BCUT2D eigenvalue weighted by Crippen LogP contribution is 2.27. The van der Waals surface area contributed by atoms with Crippen LogP contribution in [0.3, 0.4) is 0 Å². The second-order valence-corrected chi connectivity index (χ2v) is 9.31. The van der Waals surface area contributed by atoms with Crippen molar-refractivity contribution in [1.82, 2.24) is 14.8 Å². The summed E-state index contributed by atoms with van der Waals surface area (Å²) < 4.78 is 7.93. The number of ether oxygens (including phenoxy) is 1. The van der Waals surface area contributed by atoms with Gasteiger partial charge < -0.3 is 10.1 Å². The molecular weight excluding hydrogens is 460 g/mol. The van der Waals surface area contributed by atoms with Crippen molar-refractivity contribution in [3.63, 3.8) is 0 Å². The van der Waals surface area contributed by atoms with E-state index in [0.717, 1.165) is 17.0 Å². The van der Waals surface area contributed by atoms with Crippen LogP contribution in [0.5, 0.6) is 5.75 Å². The predicted molar refractivity (Wildman–Crippen MR) is 137 cm³/mol. The number of Topliss-reactive ketones (excluding diaryl/α,β-unsaturated/α-hetero) is 1. The number of para-hydroxylation sites is 2. The molecule has 8 heteroatoms. The van der Waals surface area contributed by atoms with E-state index in [9.17, 15) is 9.59 Å². The summed E-state index contributed by atoms with van der Waals surface area (Å²) >= 11 is 1.31. The van der Waals surface area contributed by atoms with Crippen molar-refractivity contribution in [2.45, 2.75) is 37.8 Å². The van der Waals surface area contributed by atoms with Gasteiger partial charge in [-0.25, -0.2) is 0 Å². The van der Waals surface area contributed by atoms with Gasteiger partial charge in [-0.2, -0.15) is 0 Å². The van der Waals surface area contributed by atoms with E-state index in [-0.39, 0.29) is 18.3 Å². The lowest BCUT2D eigenvalue weighted by Gasteiger charge is -2.14. The van der Waals surface area contributed by atoms with Crippen LogP contribution in [0.25, 0.3) is 5.69 Å². The average molecular weight is 487 g/mol. The molecule has 0 fully saturated rings. The van der Waals surface area contributed by atoms with Crippen molar-refractivity contribution in [3.8, 4) is 11.4 Å². The fraction of sp³-hybridized carbons (Fsp3) is 0.185. The van der Waals surface area contributed by atoms with Crippen molar-refractivity contribution in [2.75, 3.05) is 5.32 Å². The Morgan fingerprint density at radius 3 is 2.34 bits per heavy atom. The van der Waals surface area contributed by atoms with Crippen molar-refractivity contribution in [1.29, 1.82) is 0 Å². The zero-order valence-electron chi connectivity index (χ0n) is 19.8. The lowest BCUT2D eigenvalue weighted by atomic mass is 10.1. The van der Waals surface area contributed by atoms with Crippen molar-refractivity contribution in [2.24, 2.45) is 0 Å². The molecule has 0 aliphatic heterocycles. The maximum absolute atomic E-state index is 12.9. The van der Waals surface area contributed by atoms with E-state index in [4.69, 9.17) is 4.74 Å². The molecule has 1 atom stereocenters. The quantitative estimate of drug-likeness (QED) is 0.249. The Kier molecular flexibility index (Phi) is 7.62. The minimum atomic E-state index is -0.445. The van der Waals surface area contributed by atoms with Crippen molar-refractivity contribution < 1.29 is 14.3 Å². The van der Waals surface area contributed by atoms with Gasteiger partial charge in [-0.15, -0.1) is 10.2 Å². The molecule has 1 N–H and O–H groups in total. The molecule has 0 bridgehead atoms. The van der Waals surface area contributed by atoms with Gasteiger partial charge in [0.05, 0.1) is 5.25 Å². The highest BCUT2D eigenvalue weighted by Gasteiger charge is 2.22. The lowest BCUT2D eigenvalue weighted by Crippen LogP contribution is -2.23. The Hall–Kier alpha value is -3.91. The molecule has 3 aromatic carbocycles. The molecular formula is C27H26N4O3S. The molecule has 178 valence electrons. The number of ketones is 1. The summed E-state index contributed by atoms with van der Waals surface area (Å²) in [4.78, 5) is 24.3. The van der Waals surface area contributed by atoms with Gasteiger partial charge in [0.1, 0.15) is 12.4 Å². The minimum Gasteiger partial charge on any atom is -0.485 e. The van der Waals surface area contributed by atoms with Crippen molar-refractivity contribution in [3.05, 3.63) is 95.8 Å². The van der Waals surface area contributed by atoms with Gasteiger partial charge >= 0.3 is 0 Å². The Balaban J connectivity index is 1.51. The van der Waals surface area contributed by atoms with Gasteiger partial charge in [0, 0.05) is 16.9 Å².